The third kappa shape index (κ3) is 1.97. The number of pyridine rings is 1. The van der Waals surface area contributed by atoms with E-state index < -0.39 is 0 Å². The van der Waals surface area contributed by atoms with Crippen molar-refractivity contribution in [1.82, 2.24) is 14.7 Å². The average Bonchev–Trinajstić information content (AvgIpc) is 2.82. The Hall–Kier alpha value is -1.55. The first kappa shape index (κ1) is 11.5. The van der Waals surface area contributed by atoms with E-state index in [1.807, 2.05) is 6.20 Å². The molecule has 1 aliphatic heterocycles. The average molecular weight is 244 g/mol. The van der Waals surface area contributed by atoms with E-state index in [2.05, 4.69) is 52.0 Å². The number of anilines is 1. The van der Waals surface area contributed by atoms with Gasteiger partial charge in [-0.25, -0.2) is 4.98 Å². The van der Waals surface area contributed by atoms with Crippen LogP contribution in [0.15, 0.2) is 24.5 Å². The zero-order valence-electron chi connectivity index (χ0n) is 11.1. The Balaban J connectivity index is 2.03. The first-order valence-electron chi connectivity index (χ1n) is 6.61. The van der Waals surface area contributed by atoms with Crippen LogP contribution in [0.25, 0.3) is 5.52 Å². The van der Waals surface area contributed by atoms with Crippen molar-refractivity contribution in [2.24, 2.45) is 0 Å². The lowest BCUT2D eigenvalue weighted by molar-refractivity contribution is 0.445. The Bertz CT molecular complexity index is 538. The van der Waals surface area contributed by atoms with Gasteiger partial charge >= 0.3 is 0 Å². The van der Waals surface area contributed by atoms with Gasteiger partial charge in [-0.3, -0.25) is 0 Å². The Morgan fingerprint density at radius 3 is 3.00 bits per heavy atom. The summed E-state index contributed by atoms with van der Waals surface area (Å²) in [7, 11) is 4.14. The van der Waals surface area contributed by atoms with Crippen molar-refractivity contribution in [3.05, 3.63) is 30.4 Å². The van der Waals surface area contributed by atoms with Gasteiger partial charge in [-0.2, -0.15) is 0 Å². The number of nitrogens with one attached hydrogen (secondary N) is 1. The summed E-state index contributed by atoms with van der Waals surface area (Å²) in [6.07, 6.45) is 6.64. The van der Waals surface area contributed by atoms with Crippen LogP contribution in [0.5, 0.6) is 0 Å². The molecule has 1 N–H and O–H groups in total. The number of fused-ring (bicyclic) bond motifs is 1. The molecule has 0 spiro atoms. The number of imidazole rings is 1. The van der Waals surface area contributed by atoms with Crippen molar-refractivity contribution in [2.45, 2.75) is 18.8 Å². The molecule has 0 bridgehead atoms. The Morgan fingerprint density at radius 1 is 1.39 bits per heavy atom. The van der Waals surface area contributed by atoms with Crippen LogP contribution in [-0.4, -0.2) is 36.6 Å². The van der Waals surface area contributed by atoms with Crippen LogP contribution in [0.2, 0.25) is 0 Å². The predicted molar refractivity (Wildman–Crippen MR) is 74.4 cm³/mol. The second-order valence-corrected chi connectivity index (χ2v) is 5.24. The number of rotatable bonds is 2. The van der Waals surface area contributed by atoms with Crippen molar-refractivity contribution in [1.29, 1.82) is 0 Å². The fourth-order valence-corrected chi connectivity index (χ4v) is 2.64. The van der Waals surface area contributed by atoms with Crippen LogP contribution >= 0.6 is 0 Å². The van der Waals surface area contributed by atoms with Crippen LogP contribution in [0.1, 0.15) is 24.6 Å². The summed E-state index contributed by atoms with van der Waals surface area (Å²) in [5.74, 6) is 1.74. The molecule has 1 fully saturated rings. The lowest BCUT2D eigenvalue weighted by atomic mass is 9.99. The molecular weight excluding hydrogens is 224 g/mol. The lowest BCUT2D eigenvalue weighted by Gasteiger charge is -2.22. The van der Waals surface area contributed by atoms with Crippen LogP contribution in [0.4, 0.5) is 5.69 Å². The topological polar surface area (TPSA) is 32.6 Å². The van der Waals surface area contributed by atoms with Crippen LogP contribution in [-0.2, 0) is 0 Å². The summed E-state index contributed by atoms with van der Waals surface area (Å²) in [6.45, 7) is 2.19. The van der Waals surface area contributed by atoms with E-state index in [0.29, 0.717) is 5.92 Å². The van der Waals surface area contributed by atoms with Crippen molar-refractivity contribution in [3.8, 4) is 0 Å². The molecule has 96 valence electrons. The molecule has 1 unspecified atom stereocenters. The zero-order valence-corrected chi connectivity index (χ0v) is 11.1. The maximum Gasteiger partial charge on any atom is 0.117 e. The highest BCUT2D eigenvalue weighted by atomic mass is 15.1. The molecular formula is C14H20N4. The van der Waals surface area contributed by atoms with Gasteiger partial charge < -0.3 is 14.6 Å². The maximum absolute atomic E-state index is 4.62. The minimum Gasteiger partial charge on any atom is -0.376 e. The molecule has 2 aromatic rings. The number of hydrogen-bond acceptors (Lipinski definition) is 3. The van der Waals surface area contributed by atoms with Gasteiger partial charge in [0.25, 0.3) is 0 Å². The number of piperidine rings is 1. The molecule has 1 atom stereocenters. The van der Waals surface area contributed by atoms with Gasteiger partial charge in [0.15, 0.2) is 0 Å². The summed E-state index contributed by atoms with van der Waals surface area (Å²) in [4.78, 5) is 6.75. The highest BCUT2D eigenvalue weighted by Gasteiger charge is 2.19. The van der Waals surface area contributed by atoms with Crippen LogP contribution in [0, 0.1) is 0 Å². The molecule has 4 heteroatoms. The number of aromatic nitrogens is 2. The summed E-state index contributed by atoms with van der Waals surface area (Å²) < 4.78 is 2.24. The first-order valence-corrected chi connectivity index (χ1v) is 6.61. The molecule has 3 heterocycles. The lowest BCUT2D eigenvalue weighted by Crippen LogP contribution is -2.29. The normalized spacial score (nSPS) is 20.2. The van der Waals surface area contributed by atoms with Crippen molar-refractivity contribution >= 4 is 11.2 Å². The van der Waals surface area contributed by atoms with Crippen LogP contribution in [0.3, 0.4) is 0 Å². The monoisotopic (exact) mass is 244 g/mol. The fraction of sp³-hybridized carbons (Fsp3) is 0.500. The molecule has 1 aliphatic rings. The molecule has 0 saturated carbocycles. The van der Waals surface area contributed by atoms with Crippen molar-refractivity contribution in [3.63, 3.8) is 0 Å². The highest BCUT2D eigenvalue weighted by Crippen LogP contribution is 2.24. The molecule has 0 amide bonds. The van der Waals surface area contributed by atoms with E-state index >= 15 is 0 Å². The van der Waals surface area contributed by atoms with Gasteiger partial charge in [-0.1, -0.05) is 0 Å². The minimum atomic E-state index is 0.540. The Morgan fingerprint density at radius 2 is 2.28 bits per heavy atom. The van der Waals surface area contributed by atoms with E-state index in [0.717, 1.165) is 13.1 Å². The van der Waals surface area contributed by atoms with Gasteiger partial charge in [0.05, 0.1) is 17.4 Å². The van der Waals surface area contributed by atoms with Gasteiger partial charge in [-0.15, -0.1) is 0 Å². The van der Waals surface area contributed by atoms with E-state index in [4.69, 9.17) is 0 Å². The van der Waals surface area contributed by atoms with Crippen molar-refractivity contribution < 1.29 is 0 Å². The van der Waals surface area contributed by atoms with Crippen molar-refractivity contribution in [2.75, 3.05) is 32.1 Å². The standard InChI is InChI=1S/C14H20N4/c1-17(2)13-6-5-12-9-16-14(18(12)10-13)11-4-3-7-15-8-11/h5-6,9-11,15H,3-4,7-8H2,1-2H3. The smallest absolute Gasteiger partial charge is 0.117 e. The Labute approximate surface area is 108 Å². The van der Waals surface area contributed by atoms with Crippen LogP contribution < -0.4 is 10.2 Å². The van der Waals surface area contributed by atoms with E-state index in [1.54, 1.807) is 0 Å². The highest BCUT2D eigenvalue weighted by molar-refractivity contribution is 5.55. The number of hydrogen-bond donors (Lipinski definition) is 1. The first-order chi connectivity index (χ1) is 8.75. The second kappa shape index (κ2) is 4.61. The predicted octanol–water partition coefficient (Wildman–Crippen LogP) is 1.87. The number of nitrogens with zero attached hydrogens (tertiary/aromatic N) is 3. The third-order valence-electron chi connectivity index (χ3n) is 3.72. The molecule has 4 nitrogen and oxygen atoms in total. The second-order valence-electron chi connectivity index (χ2n) is 5.24. The van der Waals surface area contributed by atoms with Gasteiger partial charge in [0, 0.05) is 32.8 Å². The summed E-state index contributed by atoms with van der Waals surface area (Å²) >= 11 is 0. The maximum atomic E-state index is 4.62. The molecule has 2 aromatic heterocycles. The van der Waals surface area contributed by atoms with E-state index in [1.165, 1.54) is 29.9 Å². The molecule has 0 radical (unpaired) electrons. The summed E-state index contributed by atoms with van der Waals surface area (Å²) in [5, 5.41) is 3.46. The third-order valence-corrected chi connectivity index (χ3v) is 3.72. The fourth-order valence-electron chi connectivity index (χ4n) is 2.64. The van der Waals surface area contributed by atoms with E-state index in [-0.39, 0.29) is 0 Å². The molecule has 0 aromatic carbocycles. The quantitative estimate of drug-likeness (QED) is 0.875. The summed E-state index contributed by atoms with van der Waals surface area (Å²) in [6, 6.07) is 4.28. The molecule has 3 rings (SSSR count). The van der Waals surface area contributed by atoms with Gasteiger partial charge in [0.1, 0.15) is 5.82 Å². The van der Waals surface area contributed by atoms with Gasteiger partial charge in [-0.05, 0) is 31.5 Å². The SMILES string of the molecule is CN(C)c1ccc2cnc(C3CCCNC3)n2c1. The Kier molecular flexibility index (Phi) is 2.96. The van der Waals surface area contributed by atoms with Gasteiger partial charge in [0.2, 0.25) is 0 Å². The van der Waals surface area contributed by atoms with E-state index in [9.17, 15) is 0 Å². The molecule has 0 aliphatic carbocycles. The minimum absolute atomic E-state index is 0.540. The summed E-state index contributed by atoms with van der Waals surface area (Å²) in [5.41, 5.74) is 2.40. The zero-order chi connectivity index (χ0) is 12.5. The molecule has 1 saturated heterocycles. The largest absolute Gasteiger partial charge is 0.376 e. The molecule has 18 heavy (non-hydrogen) atoms.